The van der Waals surface area contributed by atoms with Gasteiger partial charge in [0.05, 0.1) is 19.1 Å². The van der Waals surface area contributed by atoms with Gasteiger partial charge in [-0.25, -0.2) is 8.42 Å². The molecule has 0 aliphatic carbocycles. The van der Waals surface area contributed by atoms with E-state index in [0.29, 0.717) is 11.4 Å². The molecule has 0 radical (unpaired) electrons. The molecule has 0 aromatic heterocycles. The van der Waals surface area contributed by atoms with Gasteiger partial charge in [-0.1, -0.05) is 42.5 Å². The number of methoxy groups -OCH3 is 1. The summed E-state index contributed by atoms with van der Waals surface area (Å²) >= 11 is 0. The molecule has 2 aromatic carbocycles. The van der Waals surface area contributed by atoms with Gasteiger partial charge in [0.1, 0.15) is 11.8 Å². The second-order valence-electron chi connectivity index (χ2n) is 8.46. The Bertz CT molecular complexity index is 1060. The van der Waals surface area contributed by atoms with Crippen LogP contribution in [0, 0.1) is 0 Å². The van der Waals surface area contributed by atoms with Gasteiger partial charge in [0.15, 0.2) is 0 Å². The molecule has 186 valence electrons. The fraction of sp³-hybridized carbons (Fsp3) is 0.440. The molecule has 0 aliphatic heterocycles. The molecule has 0 fully saturated rings. The number of hydrogen-bond donors (Lipinski definition) is 1. The fourth-order valence-corrected chi connectivity index (χ4v) is 4.55. The summed E-state index contributed by atoms with van der Waals surface area (Å²) in [7, 11) is -2.12. The van der Waals surface area contributed by atoms with Crippen molar-refractivity contribution in [3.05, 3.63) is 60.2 Å². The Balaban J connectivity index is 2.17. The lowest BCUT2D eigenvalue weighted by Crippen LogP contribution is -2.49. The van der Waals surface area contributed by atoms with Crippen molar-refractivity contribution in [2.75, 3.05) is 24.2 Å². The number of hydrogen-bond acceptors (Lipinski definition) is 5. The smallest absolute Gasteiger partial charge is 0.242 e. The number of amides is 2. The Morgan fingerprint density at radius 1 is 1.00 bits per heavy atom. The Labute approximate surface area is 202 Å². The topological polar surface area (TPSA) is 96.0 Å². The largest absolute Gasteiger partial charge is 0.495 e. The van der Waals surface area contributed by atoms with E-state index in [1.165, 1.54) is 11.4 Å². The zero-order valence-corrected chi connectivity index (χ0v) is 21.3. The second kappa shape index (κ2) is 12.4. The van der Waals surface area contributed by atoms with Crippen molar-refractivity contribution in [2.45, 2.75) is 52.2 Å². The van der Waals surface area contributed by atoms with Crippen LogP contribution in [0.25, 0.3) is 0 Å². The molecule has 1 atom stereocenters. The van der Waals surface area contributed by atoms with Gasteiger partial charge in [0.25, 0.3) is 0 Å². The van der Waals surface area contributed by atoms with Crippen molar-refractivity contribution in [3.63, 3.8) is 0 Å². The summed E-state index contributed by atoms with van der Waals surface area (Å²) in [5.41, 5.74) is 1.33. The van der Waals surface area contributed by atoms with Crippen molar-refractivity contribution in [2.24, 2.45) is 0 Å². The van der Waals surface area contributed by atoms with E-state index in [2.05, 4.69) is 5.32 Å². The number of carbonyl (C=O) groups is 2. The number of para-hydroxylation sites is 2. The van der Waals surface area contributed by atoms with Crippen LogP contribution < -0.4 is 14.4 Å². The predicted molar refractivity (Wildman–Crippen MR) is 134 cm³/mol. The van der Waals surface area contributed by atoms with E-state index in [0.717, 1.165) is 11.8 Å². The maximum Gasteiger partial charge on any atom is 0.242 e. The molecular formula is C25H35N3O5S. The van der Waals surface area contributed by atoms with Crippen LogP contribution in [0.4, 0.5) is 5.69 Å². The third kappa shape index (κ3) is 7.76. The summed E-state index contributed by atoms with van der Waals surface area (Å²) in [6.45, 7) is 5.83. The minimum Gasteiger partial charge on any atom is -0.495 e. The lowest BCUT2D eigenvalue weighted by Gasteiger charge is -2.30. The van der Waals surface area contributed by atoms with Gasteiger partial charge in [0.2, 0.25) is 21.8 Å². The van der Waals surface area contributed by atoms with E-state index in [1.807, 2.05) is 44.2 Å². The summed E-state index contributed by atoms with van der Waals surface area (Å²) in [6, 6.07) is 15.6. The van der Waals surface area contributed by atoms with Gasteiger partial charge in [-0.3, -0.25) is 13.9 Å². The molecule has 0 heterocycles. The number of nitrogens with one attached hydrogen (secondary N) is 1. The molecule has 2 rings (SSSR count). The number of rotatable bonds is 12. The van der Waals surface area contributed by atoms with Crippen LogP contribution in [0.1, 0.15) is 39.2 Å². The lowest BCUT2D eigenvalue weighted by molar-refractivity contribution is -0.140. The molecule has 1 N–H and O–H groups in total. The standard InChI is InChI=1S/C25H35N3O5S/c1-19(2)26-25(30)20(3)27(18-21-12-7-6-8-13-21)24(29)16-11-17-28(34(5,31)32)22-14-9-10-15-23(22)33-4/h6-10,12-15,19-20H,11,16-18H2,1-5H3,(H,26,30). The maximum absolute atomic E-state index is 13.2. The van der Waals surface area contributed by atoms with Crippen LogP contribution in [0.3, 0.4) is 0 Å². The van der Waals surface area contributed by atoms with E-state index < -0.39 is 16.1 Å². The van der Waals surface area contributed by atoms with Gasteiger partial charge in [-0.05, 0) is 44.9 Å². The number of sulfonamides is 1. The Hall–Kier alpha value is -3.07. The first kappa shape index (κ1) is 27.2. The lowest BCUT2D eigenvalue weighted by atomic mass is 10.1. The highest BCUT2D eigenvalue weighted by molar-refractivity contribution is 7.92. The van der Waals surface area contributed by atoms with Crippen LogP contribution >= 0.6 is 0 Å². The molecule has 0 saturated carbocycles. The highest BCUT2D eigenvalue weighted by Crippen LogP contribution is 2.29. The molecule has 34 heavy (non-hydrogen) atoms. The van der Waals surface area contributed by atoms with Gasteiger partial charge in [-0.15, -0.1) is 0 Å². The number of ether oxygens (including phenoxy) is 1. The van der Waals surface area contributed by atoms with E-state index in [1.54, 1.807) is 36.1 Å². The Morgan fingerprint density at radius 2 is 1.62 bits per heavy atom. The summed E-state index contributed by atoms with van der Waals surface area (Å²) in [4.78, 5) is 27.4. The van der Waals surface area contributed by atoms with Crippen LogP contribution in [0.2, 0.25) is 0 Å². The molecular weight excluding hydrogens is 454 g/mol. The zero-order valence-electron chi connectivity index (χ0n) is 20.5. The van der Waals surface area contributed by atoms with Crippen molar-refractivity contribution >= 4 is 27.5 Å². The van der Waals surface area contributed by atoms with Crippen molar-refractivity contribution < 1.29 is 22.7 Å². The fourth-order valence-electron chi connectivity index (χ4n) is 3.59. The summed E-state index contributed by atoms with van der Waals surface area (Å²) in [5.74, 6) is -0.0151. The summed E-state index contributed by atoms with van der Waals surface area (Å²) < 4.78 is 31.5. The first-order valence-electron chi connectivity index (χ1n) is 11.3. The summed E-state index contributed by atoms with van der Waals surface area (Å²) in [6.07, 6.45) is 1.50. The van der Waals surface area contributed by atoms with E-state index in [-0.39, 0.29) is 43.8 Å². The quantitative estimate of drug-likeness (QED) is 0.494. The van der Waals surface area contributed by atoms with Gasteiger partial charge >= 0.3 is 0 Å². The third-order valence-electron chi connectivity index (χ3n) is 5.30. The Morgan fingerprint density at radius 3 is 2.21 bits per heavy atom. The van der Waals surface area contributed by atoms with Crippen molar-refractivity contribution in [1.82, 2.24) is 10.2 Å². The molecule has 0 saturated heterocycles. The average molecular weight is 490 g/mol. The molecule has 1 unspecified atom stereocenters. The second-order valence-corrected chi connectivity index (χ2v) is 10.4. The SMILES string of the molecule is COc1ccccc1N(CCCC(=O)N(Cc1ccccc1)C(C)C(=O)NC(C)C)S(C)(=O)=O. The normalized spacial score (nSPS) is 12.2. The number of anilines is 1. The molecule has 8 nitrogen and oxygen atoms in total. The van der Waals surface area contributed by atoms with Gasteiger partial charge < -0.3 is 15.0 Å². The number of carbonyl (C=O) groups excluding carboxylic acids is 2. The molecule has 0 bridgehead atoms. The molecule has 0 spiro atoms. The first-order valence-corrected chi connectivity index (χ1v) is 13.1. The van der Waals surface area contributed by atoms with E-state index in [9.17, 15) is 18.0 Å². The van der Waals surface area contributed by atoms with Crippen LogP contribution in [0.15, 0.2) is 54.6 Å². The van der Waals surface area contributed by atoms with Crippen LogP contribution in [0.5, 0.6) is 5.75 Å². The molecule has 0 aliphatic rings. The highest BCUT2D eigenvalue weighted by Gasteiger charge is 2.27. The third-order valence-corrected chi connectivity index (χ3v) is 6.48. The summed E-state index contributed by atoms with van der Waals surface area (Å²) in [5, 5.41) is 2.86. The number of nitrogens with zero attached hydrogens (tertiary/aromatic N) is 2. The van der Waals surface area contributed by atoms with E-state index in [4.69, 9.17) is 4.74 Å². The van der Waals surface area contributed by atoms with Gasteiger partial charge in [0, 0.05) is 25.6 Å². The minimum absolute atomic E-state index is 0.0483. The van der Waals surface area contributed by atoms with Crippen LogP contribution in [-0.2, 0) is 26.2 Å². The molecule has 9 heteroatoms. The predicted octanol–water partition coefficient (Wildman–Crippen LogP) is 3.18. The zero-order chi connectivity index (χ0) is 25.3. The van der Waals surface area contributed by atoms with Crippen LogP contribution in [-0.4, -0.2) is 57.1 Å². The average Bonchev–Trinajstić information content (AvgIpc) is 2.79. The Kier molecular flexibility index (Phi) is 9.92. The highest BCUT2D eigenvalue weighted by atomic mass is 32.2. The monoisotopic (exact) mass is 489 g/mol. The minimum atomic E-state index is -3.60. The first-order chi connectivity index (χ1) is 16.0. The number of benzene rings is 2. The maximum atomic E-state index is 13.2. The van der Waals surface area contributed by atoms with Crippen molar-refractivity contribution in [1.29, 1.82) is 0 Å². The molecule has 2 aromatic rings. The van der Waals surface area contributed by atoms with Gasteiger partial charge in [-0.2, -0.15) is 0 Å². The van der Waals surface area contributed by atoms with E-state index >= 15 is 0 Å². The van der Waals surface area contributed by atoms with Crippen molar-refractivity contribution in [3.8, 4) is 5.75 Å². The molecule has 2 amide bonds.